The summed E-state index contributed by atoms with van der Waals surface area (Å²) in [7, 11) is 0. The maximum Gasteiger partial charge on any atom is 0.253 e. The molecule has 2 N–H and O–H groups in total. The highest BCUT2D eigenvalue weighted by atomic mass is 16.1. The molecule has 5 nitrogen and oxygen atoms in total. The zero-order valence-electron chi connectivity index (χ0n) is 17.5. The van der Waals surface area contributed by atoms with Crippen LogP contribution in [0.5, 0.6) is 0 Å². The molecule has 1 amide bonds. The van der Waals surface area contributed by atoms with Crippen LogP contribution in [0.15, 0.2) is 66.9 Å². The largest absolute Gasteiger partial charge is 0.356 e. The number of aryl methyl sites for hydroxylation is 1. The Kier molecular flexibility index (Phi) is 5.08. The van der Waals surface area contributed by atoms with Gasteiger partial charge in [-0.05, 0) is 35.2 Å². The molecule has 0 saturated heterocycles. The number of hydrogen-bond donors (Lipinski definition) is 2. The van der Waals surface area contributed by atoms with Crippen molar-refractivity contribution in [3.8, 4) is 33.9 Å². The minimum absolute atomic E-state index is 0.0312. The van der Waals surface area contributed by atoms with E-state index in [-0.39, 0.29) is 5.91 Å². The number of fused-ring (bicyclic) bond motifs is 1. The lowest BCUT2D eigenvalue weighted by Crippen LogP contribution is -2.31. The topological polar surface area (TPSA) is 70.7 Å². The van der Waals surface area contributed by atoms with Gasteiger partial charge in [0, 0.05) is 30.4 Å². The van der Waals surface area contributed by atoms with E-state index >= 15 is 0 Å². The standard InChI is InChI=1S/C26H24N4O/c1-2-3-17-4-6-18(7-5-17)19-8-10-20(11-9-19)25-27-14-13-23(30-25)24-16-21-22(29-24)12-15-28-26(21)31/h4-11,13-14,16,29H,2-3,12,15H2,1H3,(H,28,31). The summed E-state index contributed by atoms with van der Waals surface area (Å²) in [6.07, 6.45) is 4.84. The van der Waals surface area contributed by atoms with E-state index in [0.29, 0.717) is 17.9 Å². The first-order valence-corrected chi connectivity index (χ1v) is 10.7. The number of rotatable bonds is 5. The summed E-state index contributed by atoms with van der Waals surface area (Å²) in [5.41, 5.74) is 8.00. The Balaban J connectivity index is 1.40. The molecule has 0 bridgehead atoms. The number of nitrogens with one attached hydrogen (secondary N) is 2. The number of hydrogen-bond acceptors (Lipinski definition) is 3. The summed E-state index contributed by atoms with van der Waals surface area (Å²) in [4.78, 5) is 24.6. The maximum absolute atomic E-state index is 12.1. The molecule has 0 saturated carbocycles. The van der Waals surface area contributed by atoms with Crippen LogP contribution in [0.4, 0.5) is 0 Å². The first kappa shape index (κ1) is 19.2. The van der Waals surface area contributed by atoms with Crippen molar-refractivity contribution in [3.63, 3.8) is 0 Å². The van der Waals surface area contributed by atoms with E-state index in [4.69, 9.17) is 4.98 Å². The van der Waals surface area contributed by atoms with Gasteiger partial charge < -0.3 is 10.3 Å². The second kappa shape index (κ2) is 8.19. The third kappa shape index (κ3) is 3.87. The second-order valence-corrected chi connectivity index (χ2v) is 7.87. The molecule has 0 aliphatic carbocycles. The van der Waals surface area contributed by atoms with Crippen molar-refractivity contribution in [3.05, 3.63) is 83.7 Å². The quantitative estimate of drug-likeness (QED) is 0.486. The molecular weight excluding hydrogens is 384 g/mol. The highest BCUT2D eigenvalue weighted by Crippen LogP contribution is 2.26. The van der Waals surface area contributed by atoms with Crippen LogP contribution in [0.25, 0.3) is 33.9 Å². The lowest BCUT2D eigenvalue weighted by Gasteiger charge is -2.10. The summed E-state index contributed by atoms with van der Waals surface area (Å²) >= 11 is 0. The Morgan fingerprint density at radius 1 is 0.935 bits per heavy atom. The van der Waals surface area contributed by atoms with Gasteiger partial charge in [-0.2, -0.15) is 0 Å². The number of aromatic nitrogens is 3. The molecular formula is C26H24N4O. The molecule has 3 heterocycles. The van der Waals surface area contributed by atoms with Crippen molar-refractivity contribution < 1.29 is 4.79 Å². The Morgan fingerprint density at radius 2 is 1.65 bits per heavy atom. The van der Waals surface area contributed by atoms with Crippen molar-refractivity contribution in [1.29, 1.82) is 0 Å². The second-order valence-electron chi connectivity index (χ2n) is 7.87. The predicted molar refractivity (Wildman–Crippen MR) is 123 cm³/mol. The molecule has 2 aromatic carbocycles. The van der Waals surface area contributed by atoms with Crippen molar-refractivity contribution in [2.75, 3.05) is 6.54 Å². The highest BCUT2D eigenvalue weighted by Gasteiger charge is 2.20. The van der Waals surface area contributed by atoms with Gasteiger partial charge in [-0.3, -0.25) is 4.79 Å². The lowest BCUT2D eigenvalue weighted by atomic mass is 10.0. The molecule has 5 heteroatoms. The fourth-order valence-corrected chi connectivity index (χ4v) is 4.04. The van der Waals surface area contributed by atoms with Gasteiger partial charge >= 0.3 is 0 Å². The summed E-state index contributed by atoms with van der Waals surface area (Å²) < 4.78 is 0. The molecule has 1 aliphatic heterocycles. The van der Waals surface area contributed by atoms with E-state index in [9.17, 15) is 4.79 Å². The number of nitrogens with zero attached hydrogens (tertiary/aromatic N) is 2. The van der Waals surface area contributed by atoms with Crippen LogP contribution in [0.2, 0.25) is 0 Å². The Hall–Kier alpha value is -3.73. The Morgan fingerprint density at radius 3 is 2.35 bits per heavy atom. The number of carbonyl (C=O) groups is 1. The van der Waals surface area contributed by atoms with Crippen LogP contribution in [0.3, 0.4) is 0 Å². The van der Waals surface area contributed by atoms with Crippen molar-refractivity contribution >= 4 is 5.91 Å². The minimum Gasteiger partial charge on any atom is -0.356 e. The molecule has 4 aromatic rings. The van der Waals surface area contributed by atoms with E-state index in [2.05, 4.69) is 70.7 Å². The van der Waals surface area contributed by atoms with Crippen LogP contribution < -0.4 is 5.32 Å². The lowest BCUT2D eigenvalue weighted by molar-refractivity contribution is 0.0946. The van der Waals surface area contributed by atoms with E-state index in [1.807, 2.05) is 12.1 Å². The molecule has 0 unspecified atom stereocenters. The average Bonchev–Trinajstić information content (AvgIpc) is 3.26. The smallest absolute Gasteiger partial charge is 0.253 e. The van der Waals surface area contributed by atoms with E-state index in [1.54, 1.807) is 6.20 Å². The van der Waals surface area contributed by atoms with Gasteiger partial charge in [0.05, 0.1) is 17.0 Å². The number of H-pyrrole nitrogens is 1. The third-order valence-corrected chi connectivity index (χ3v) is 5.71. The zero-order valence-corrected chi connectivity index (χ0v) is 17.5. The number of aromatic amines is 1. The van der Waals surface area contributed by atoms with Crippen LogP contribution in [-0.4, -0.2) is 27.4 Å². The monoisotopic (exact) mass is 408 g/mol. The van der Waals surface area contributed by atoms with E-state index in [1.165, 1.54) is 16.7 Å². The van der Waals surface area contributed by atoms with Gasteiger partial charge in [0.2, 0.25) is 0 Å². The molecule has 0 fully saturated rings. The van der Waals surface area contributed by atoms with Crippen LogP contribution in [0.1, 0.15) is 35.0 Å². The average molecular weight is 409 g/mol. The molecule has 2 aromatic heterocycles. The van der Waals surface area contributed by atoms with Crippen LogP contribution in [-0.2, 0) is 12.8 Å². The highest BCUT2D eigenvalue weighted by molar-refractivity contribution is 5.97. The van der Waals surface area contributed by atoms with E-state index in [0.717, 1.165) is 41.9 Å². The van der Waals surface area contributed by atoms with Gasteiger partial charge in [0.15, 0.2) is 5.82 Å². The number of amides is 1. The normalized spacial score (nSPS) is 13.0. The van der Waals surface area contributed by atoms with Gasteiger partial charge in [-0.15, -0.1) is 0 Å². The van der Waals surface area contributed by atoms with Crippen molar-refractivity contribution in [2.45, 2.75) is 26.2 Å². The fourth-order valence-electron chi connectivity index (χ4n) is 4.04. The predicted octanol–water partition coefficient (Wildman–Crippen LogP) is 5.04. The third-order valence-electron chi connectivity index (χ3n) is 5.71. The molecule has 31 heavy (non-hydrogen) atoms. The molecule has 154 valence electrons. The van der Waals surface area contributed by atoms with Crippen LogP contribution in [0, 0.1) is 0 Å². The SMILES string of the molecule is CCCc1ccc(-c2ccc(-c3nccc(-c4cc5c([nH]4)CCNC5=O)n3)cc2)cc1. The summed E-state index contributed by atoms with van der Waals surface area (Å²) in [6.45, 7) is 2.86. The zero-order chi connectivity index (χ0) is 21.2. The summed E-state index contributed by atoms with van der Waals surface area (Å²) in [5.74, 6) is 0.635. The molecule has 0 spiro atoms. The summed E-state index contributed by atoms with van der Waals surface area (Å²) in [6, 6.07) is 20.8. The summed E-state index contributed by atoms with van der Waals surface area (Å²) in [5, 5.41) is 2.88. The molecule has 1 aliphatic rings. The number of benzene rings is 2. The van der Waals surface area contributed by atoms with Gasteiger partial charge in [-0.1, -0.05) is 61.9 Å². The maximum atomic E-state index is 12.1. The molecule has 0 radical (unpaired) electrons. The van der Waals surface area contributed by atoms with Gasteiger partial charge in [0.1, 0.15) is 0 Å². The Labute approximate surface area is 181 Å². The molecule has 0 atom stereocenters. The first-order chi connectivity index (χ1) is 15.2. The van der Waals surface area contributed by atoms with E-state index < -0.39 is 0 Å². The van der Waals surface area contributed by atoms with Crippen LogP contribution >= 0.6 is 0 Å². The fraction of sp³-hybridized carbons (Fsp3) is 0.192. The van der Waals surface area contributed by atoms with Gasteiger partial charge in [0.25, 0.3) is 5.91 Å². The van der Waals surface area contributed by atoms with Crippen molar-refractivity contribution in [2.24, 2.45) is 0 Å². The first-order valence-electron chi connectivity index (χ1n) is 10.7. The van der Waals surface area contributed by atoms with Crippen molar-refractivity contribution in [1.82, 2.24) is 20.3 Å². The minimum atomic E-state index is -0.0312. The molecule has 5 rings (SSSR count). The Bertz CT molecular complexity index is 1220. The van der Waals surface area contributed by atoms with Gasteiger partial charge in [-0.25, -0.2) is 9.97 Å². The number of carbonyl (C=O) groups excluding carboxylic acids is 1.